The van der Waals surface area contributed by atoms with Gasteiger partial charge in [0, 0.05) is 33.9 Å². The molecule has 1 aromatic rings. The minimum atomic E-state index is -0.0755. The molecule has 1 saturated heterocycles. The van der Waals surface area contributed by atoms with Crippen LogP contribution in [0.25, 0.3) is 0 Å². The van der Waals surface area contributed by atoms with E-state index in [-0.39, 0.29) is 17.9 Å². The van der Waals surface area contributed by atoms with E-state index in [4.69, 9.17) is 0 Å². The Bertz CT molecular complexity index is 559. The number of thiophene rings is 1. The van der Waals surface area contributed by atoms with Crippen molar-refractivity contribution in [2.45, 2.75) is 38.3 Å². The number of amides is 3. The van der Waals surface area contributed by atoms with Gasteiger partial charge in [-0.1, -0.05) is 0 Å². The molecule has 0 aromatic carbocycles. The van der Waals surface area contributed by atoms with E-state index in [1.807, 2.05) is 11.4 Å². The maximum atomic E-state index is 12.3. The molecule has 0 spiro atoms. The van der Waals surface area contributed by atoms with Gasteiger partial charge in [-0.2, -0.15) is 0 Å². The van der Waals surface area contributed by atoms with Crippen LogP contribution in [0.3, 0.4) is 0 Å². The van der Waals surface area contributed by atoms with Crippen LogP contribution in [-0.2, 0) is 11.3 Å². The molecule has 0 bridgehead atoms. The third kappa shape index (κ3) is 4.23. The molecule has 3 amide bonds. The molecule has 1 atom stereocenters. The summed E-state index contributed by atoms with van der Waals surface area (Å²) in [6, 6.07) is 2.31. The lowest BCUT2D eigenvalue weighted by Crippen LogP contribution is -2.49. The van der Waals surface area contributed by atoms with E-state index >= 15 is 0 Å². The van der Waals surface area contributed by atoms with Gasteiger partial charge in [-0.25, -0.2) is 4.79 Å². The number of rotatable bonds is 4. The number of hydrogen-bond donors (Lipinski definition) is 2. The molecule has 7 heteroatoms. The number of piperidine rings is 1. The summed E-state index contributed by atoms with van der Waals surface area (Å²) < 4.78 is 1.04. The first-order valence-electron chi connectivity index (χ1n) is 7.68. The monoisotopic (exact) mass is 385 g/mol. The van der Waals surface area contributed by atoms with E-state index in [1.165, 1.54) is 0 Å². The second-order valence-corrected chi connectivity index (χ2v) is 7.87. The molecule has 1 unspecified atom stereocenters. The smallest absolute Gasteiger partial charge is 0.317 e. The number of halogens is 1. The van der Waals surface area contributed by atoms with Gasteiger partial charge in [0.2, 0.25) is 5.91 Å². The molecule has 2 aliphatic rings. The molecule has 1 saturated carbocycles. The van der Waals surface area contributed by atoms with Crippen LogP contribution in [0.15, 0.2) is 15.9 Å². The zero-order valence-electron chi connectivity index (χ0n) is 12.3. The molecule has 2 fully saturated rings. The molecule has 0 radical (unpaired) electrons. The summed E-state index contributed by atoms with van der Waals surface area (Å²) in [6.07, 6.45) is 3.96. The van der Waals surface area contributed by atoms with Gasteiger partial charge in [0.1, 0.15) is 0 Å². The van der Waals surface area contributed by atoms with Crippen molar-refractivity contribution < 1.29 is 9.59 Å². The third-order valence-corrected chi connectivity index (χ3v) is 5.74. The lowest BCUT2D eigenvalue weighted by Gasteiger charge is -2.32. The number of carbonyl (C=O) groups is 2. The summed E-state index contributed by atoms with van der Waals surface area (Å²) in [5.41, 5.74) is 0. The van der Waals surface area contributed by atoms with Crippen LogP contribution in [0.1, 0.15) is 30.6 Å². The first-order valence-corrected chi connectivity index (χ1v) is 9.35. The van der Waals surface area contributed by atoms with Gasteiger partial charge < -0.3 is 15.5 Å². The van der Waals surface area contributed by atoms with Crippen molar-refractivity contribution in [3.63, 3.8) is 0 Å². The van der Waals surface area contributed by atoms with Crippen molar-refractivity contribution in [2.75, 3.05) is 13.1 Å². The number of nitrogens with one attached hydrogen (secondary N) is 2. The highest BCUT2D eigenvalue weighted by Gasteiger charge is 2.31. The van der Waals surface area contributed by atoms with Crippen LogP contribution in [0, 0.1) is 5.92 Å². The fraction of sp³-hybridized carbons (Fsp3) is 0.600. The average molecular weight is 386 g/mol. The minimum Gasteiger partial charge on any atom is -0.353 e. The lowest BCUT2D eigenvalue weighted by molar-refractivity contribution is -0.126. The highest BCUT2D eigenvalue weighted by Crippen LogP contribution is 2.22. The zero-order valence-corrected chi connectivity index (χ0v) is 14.7. The molecule has 2 heterocycles. The van der Waals surface area contributed by atoms with Gasteiger partial charge in [-0.05, 0) is 47.7 Å². The quantitative estimate of drug-likeness (QED) is 0.836. The summed E-state index contributed by atoms with van der Waals surface area (Å²) in [7, 11) is 0. The number of urea groups is 1. The molecule has 120 valence electrons. The first-order chi connectivity index (χ1) is 10.6. The van der Waals surface area contributed by atoms with Crippen molar-refractivity contribution in [1.29, 1.82) is 0 Å². The Morgan fingerprint density at radius 2 is 2.18 bits per heavy atom. The van der Waals surface area contributed by atoms with E-state index in [9.17, 15) is 9.59 Å². The number of hydrogen-bond acceptors (Lipinski definition) is 3. The van der Waals surface area contributed by atoms with Gasteiger partial charge >= 0.3 is 6.03 Å². The number of likely N-dealkylation sites (tertiary alicyclic amines) is 1. The van der Waals surface area contributed by atoms with Crippen molar-refractivity contribution >= 4 is 39.2 Å². The zero-order chi connectivity index (χ0) is 15.5. The van der Waals surface area contributed by atoms with Crippen LogP contribution in [0.5, 0.6) is 0 Å². The lowest BCUT2D eigenvalue weighted by atomic mass is 9.97. The van der Waals surface area contributed by atoms with E-state index in [2.05, 4.69) is 26.6 Å². The molecule has 1 aromatic heterocycles. The Hall–Kier alpha value is -1.08. The van der Waals surface area contributed by atoms with E-state index in [0.29, 0.717) is 19.1 Å². The minimum absolute atomic E-state index is 0.0593. The van der Waals surface area contributed by atoms with E-state index in [0.717, 1.165) is 41.6 Å². The Morgan fingerprint density at radius 1 is 1.36 bits per heavy atom. The topological polar surface area (TPSA) is 61.4 Å². The molecule has 22 heavy (non-hydrogen) atoms. The third-order valence-electron chi connectivity index (χ3n) is 4.04. The van der Waals surface area contributed by atoms with Crippen LogP contribution in [0.4, 0.5) is 4.79 Å². The van der Waals surface area contributed by atoms with Crippen molar-refractivity contribution in [3.05, 3.63) is 20.8 Å². The SMILES string of the molecule is O=C(NC1CC1)C1CCCN(C(=O)NCc2cc(Br)cs2)C1. The first kappa shape index (κ1) is 15.8. The maximum absolute atomic E-state index is 12.3. The maximum Gasteiger partial charge on any atom is 0.317 e. The van der Waals surface area contributed by atoms with Gasteiger partial charge in [-0.3, -0.25) is 4.79 Å². The Labute approximate surface area is 142 Å². The van der Waals surface area contributed by atoms with Crippen molar-refractivity contribution in [3.8, 4) is 0 Å². The average Bonchev–Trinajstić information content (AvgIpc) is 3.24. The van der Waals surface area contributed by atoms with Gasteiger partial charge in [0.05, 0.1) is 12.5 Å². The Morgan fingerprint density at radius 3 is 2.86 bits per heavy atom. The standard InChI is InChI=1S/C15H20BrN3O2S/c16-11-6-13(22-9-11)7-17-15(21)19-5-1-2-10(8-19)14(20)18-12-3-4-12/h6,9-10,12H,1-5,7-8H2,(H,17,21)(H,18,20). The molecular weight excluding hydrogens is 366 g/mol. The largest absolute Gasteiger partial charge is 0.353 e. The van der Waals surface area contributed by atoms with Crippen molar-refractivity contribution in [2.24, 2.45) is 5.92 Å². The Balaban J connectivity index is 1.47. The van der Waals surface area contributed by atoms with Crippen LogP contribution in [0.2, 0.25) is 0 Å². The van der Waals surface area contributed by atoms with Crippen LogP contribution >= 0.6 is 27.3 Å². The molecule has 1 aliphatic carbocycles. The second kappa shape index (κ2) is 7.00. The molecular formula is C15H20BrN3O2S. The summed E-state index contributed by atoms with van der Waals surface area (Å²) in [5.74, 6) is 0.0539. The van der Waals surface area contributed by atoms with Crippen LogP contribution < -0.4 is 10.6 Å². The molecule has 5 nitrogen and oxygen atoms in total. The second-order valence-electron chi connectivity index (χ2n) is 5.96. The normalized spacial score (nSPS) is 21.5. The van der Waals surface area contributed by atoms with Crippen LogP contribution in [-0.4, -0.2) is 36.0 Å². The number of carbonyl (C=O) groups excluding carboxylic acids is 2. The number of nitrogens with zero attached hydrogens (tertiary/aromatic N) is 1. The van der Waals surface area contributed by atoms with E-state index < -0.39 is 0 Å². The van der Waals surface area contributed by atoms with E-state index in [1.54, 1.807) is 16.2 Å². The highest BCUT2D eigenvalue weighted by atomic mass is 79.9. The molecule has 2 N–H and O–H groups in total. The summed E-state index contributed by atoms with van der Waals surface area (Å²) in [6.45, 7) is 1.79. The summed E-state index contributed by atoms with van der Waals surface area (Å²) >= 11 is 5.02. The molecule has 1 aliphatic heterocycles. The highest BCUT2D eigenvalue weighted by molar-refractivity contribution is 9.10. The summed E-state index contributed by atoms with van der Waals surface area (Å²) in [4.78, 5) is 27.3. The molecule has 3 rings (SSSR count). The Kier molecular flexibility index (Phi) is 5.03. The van der Waals surface area contributed by atoms with Gasteiger partial charge in [0.25, 0.3) is 0 Å². The fourth-order valence-corrected chi connectivity index (χ4v) is 4.03. The predicted molar refractivity (Wildman–Crippen MR) is 89.7 cm³/mol. The predicted octanol–water partition coefficient (Wildman–Crippen LogP) is 2.71. The van der Waals surface area contributed by atoms with Crippen molar-refractivity contribution in [1.82, 2.24) is 15.5 Å². The fourth-order valence-electron chi connectivity index (χ4n) is 2.64. The van der Waals surface area contributed by atoms with Gasteiger partial charge in [0.15, 0.2) is 0 Å². The van der Waals surface area contributed by atoms with Gasteiger partial charge in [-0.15, -0.1) is 11.3 Å². The summed E-state index contributed by atoms with van der Waals surface area (Å²) in [5, 5.41) is 7.98.